The van der Waals surface area contributed by atoms with Crippen LogP contribution in [0.3, 0.4) is 0 Å². The molecule has 1 aromatic heterocycles. The van der Waals surface area contributed by atoms with Crippen molar-refractivity contribution in [3.8, 4) is 0 Å². The number of fused-ring (bicyclic) bond motifs is 3. The van der Waals surface area contributed by atoms with Crippen molar-refractivity contribution in [2.24, 2.45) is 41.5 Å². The number of allylic oxidation sites excluding steroid dienone is 1. The van der Waals surface area contributed by atoms with Crippen molar-refractivity contribution in [1.82, 2.24) is 9.78 Å². The molecular weight excluding hydrogens is 498 g/mol. The molecule has 1 aliphatic heterocycles. The first-order valence-corrected chi connectivity index (χ1v) is 14.3. The molecule has 2 unspecified atom stereocenters. The fraction of sp³-hybridized carbons (Fsp3) is 0.700. The summed E-state index contributed by atoms with van der Waals surface area (Å²) in [7, 11) is 1.68. The predicted octanol–water partition coefficient (Wildman–Crippen LogP) is 2.40. The average Bonchev–Trinajstić information content (AvgIpc) is 3.17. The smallest absolute Gasteiger partial charge is 0.359 e. The molecule has 4 aliphatic carbocycles. The lowest BCUT2D eigenvalue weighted by Gasteiger charge is -2.48. The second kappa shape index (κ2) is 8.75. The van der Waals surface area contributed by atoms with Gasteiger partial charge in [0, 0.05) is 26.1 Å². The summed E-state index contributed by atoms with van der Waals surface area (Å²) in [6.07, 6.45) is 6.16. The monoisotopic (exact) mass is 539 g/mol. The Kier molecular flexibility index (Phi) is 6.00. The number of hydrogen-bond donors (Lipinski definition) is 3. The number of aromatic nitrogens is 2. The maximum atomic E-state index is 14.5. The van der Waals surface area contributed by atoms with Gasteiger partial charge in [0.1, 0.15) is 6.10 Å². The minimum absolute atomic E-state index is 0.0473. The molecule has 1 spiro atoms. The Morgan fingerprint density at radius 3 is 2.59 bits per heavy atom. The van der Waals surface area contributed by atoms with Crippen LogP contribution in [-0.4, -0.2) is 74.4 Å². The number of esters is 1. The fourth-order valence-electron chi connectivity index (χ4n) is 8.79. The largest absolute Gasteiger partial charge is 0.450 e. The third-order valence-corrected chi connectivity index (χ3v) is 10.9. The van der Waals surface area contributed by atoms with E-state index in [1.165, 1.54) is 4.68 Å². The Morgan fingerprint density at radius 2 is 1.92 bits per heavy atom. The van der Waals surface area contributed by atoms with Crippen LogP contribution in [0.1, 0.15) is 63.9 Å². The van der Waals surface area contributed by atoms with E-state index >= 15 is 0 Å². The number of aryl methyl sites for hydroxylation is 1. The summed E-state index contributed by atoms with van der Waals surface area (Å²) in [4.78, 5) is 30.5. The zero-order valence-electron chi connectivity index (χ0n) is 23.6. The molecule has 2 heterocycles. The van der Waals surface area contributed by atoms with Gasteiger partial charge in [-0.2, -0.15) is 5.10 Å². The number of anilines is 1. The normalized spacial score (nSPS) is 40.6. The summed E-state index contributed by atoms with van der Waals surface area (Å²) in [5, 5.41) is 39.0. The van der Waals surface area contributed by atoms with Crippen LogP contribution >= 0.6 is 0 Å². The molecule has 0 amide bonds. The maximum Gasteiger partial charge on any atom is 0.359 e. The highest BCUT2D eigenvalue weighted by atomic mass is 16.6. The van der Waals surface area contributed by atoms with Gasteiger partial charge in [-0.25, -0.2) is 4.79 Å². The van der Waals surface area contributed by atoms with Crippen LogP contribution in [0.2, 0.25) is 0 Å². The van der Waals surface area contributed by atoms with E-state index in [1.54, 1.807) is 32.3 Å². The van der Waals surface area contributed by atoms with Gasteiger partial charge in [-0.3, -0.25) is 9.48 Å². The van der Waals surface area contributed by atoms with Gasteiger partial charge in [0.15, 0.2) is 23.2 Å². The van der Waals surface area contributed by atoms with Gasteiger partial charge in [-0.05, 0) is 66.9 Å². The predicted molar refractivity (Wildman–Crippen MR) is 144 cm³/mol. The second-order valence-electron chi connectivity index (χ2n) is 13.2. The van der Waals surface area contributed by atoms with Crippen molar-refractivity contribution in [3.05, 3.63) is 35.2 Å². The third kappa shape index (κ3) is 3.39. The zero-order valence-corrected chi connectivity index (χ0v) is 23.6. The topological polar surface area (TPSA) is 125 Å². The van der Waals surface area contributed by atoms with Crippen LogP contribution < -0.4 is 4.90 Å². The number of Topliss-reactive ketones (excluding diaryl/α,β-unsaturated/α-hetero) is 1. The van der Waals surface area contributed by atoms with E-state index in [0.29, 0.717) is 17.7 Å². The minimum atomic E-state index is -2.16. The molecule has 8 atom stereocenters. The molecule has 39 heavy (non-hydrogen) atoms. The van der Waals surface area contributed by atoms with Crippen LogP contribution in [-0.2, 0) is 16.6 Å². The summed E-state index contributed by atoms with van der Waals surface area (Å²) < 4.78 is 7.59. The molecule has 9 nitrogen and oxygen atoms in total. The first-order valence-electron chi connectivity index (χ1n) is 14.3. The van der Waals surface area contributed by atoms with E-state index in [4.69, 9.17) is 4.74 Å². The average molecular weight is 540 g/mol. The van der Waals surface area contributed by atoms with Gasteiger partial charge in [0.25, 0.3) is 0 Å². The number of carbonyl (C=O) groups is 2. The van der Waals surface area contributed by atoms with E-state index in [2.05, 4.69) is 23.8 Å². The lowest BCUT2D eigenvalue weighted by Crippen LogP contribution is -2.65. The lowest BCUT2D eigenvalue weighted by atomic mass is 9.59. The number of nitrogens with zero attached hydrogens (tertiary/aromatic N) is 3. The SMILES string of the molecule is CC1=CC23C(=O)[C@@H](C=C(CO)[C@@H](O)[C@]2(O)[C@H]1OC(=O)c1c(N2CCCCC2)cnn1C)[C@H]1[C@@H](CC3C)C1(C)C. The summed E-state index contributed by atoms with van der Waals surface area (Å²) in [6, 6.07) is 0. The van der Waals surface area contributed by atoms with Crippen LogP contribution in [0.5, 0.6) is 0 Å². The fourth-order valence-corrected chi connectivity index (χ4v) is 8.79. The molecule has 2 saturated carbocycles. The van der Waals surface area contributed by atoms with Crippen LogP contribution in [0, 0.1) is 34.5 Å². The molecule has 1 saturated heterocycles. The number of aliphatic hydroxyl groups is 3. The van der Waals surface area contributed by atoms with Crippen LogP contribution in [0.25, 0.3) is 0 Å². The Balaban J connectivity index is 1.42. The maximum absolute atomic E-state index is 14.5. The molecule has 0 aromatic carbocycles. The molecule has 6 rings (SSSR count). The molecule has 9 heteroatoms. The van der Waals surface area contributed by atoms with Crippen molar-refractivity contribution in [2.75, 3.05) is 24.6 Å². The summed E-state index contributed by atoms with van der Waals surface area (Å²) >= 11 is 0. The van der Waals surface area contributed by atoms with Crippen molar-refractivity contribution in [1.29, 1.82) is 0 Å². The molecule has 0 radical (unpaired) electrons. The van der Waals surface area contributed by atoms with Crippen molar-refractivity contribution in [3.63, 3.8) is 0 Å². The number of rotatable bonds is 4. The van der Waals surface area contributed by atoms with Crippen molar-refractivity contribution in [2.45, 2.75) is 71.2 Å². The number of carbonyl (C=O) groups excluding carboxylic acids is 2. The first-order chi connectivity index (χ1) is 18.4. The second-order valence-corrected chi connectivity index (χ2v) is 13.2. The zero-order chi connectivity index (χ0) is 28.1. The molecule has 2 bridgehead atoms. The van der Waals surface area contributed by atoms with Gasteiger partial charge in [-0.1, -0.05) is 32.9 Å². The van der Waals surface area contributed by atoms with Gasteiger partial charge in [0.05, 0.1) is 23.9 Å². The Morgan fingerprint density at radius 1 is 1.23 bits per heavy atom. The number of hydrogen-bond acceptors (Lipinski definition) is 8. The van der Waals surface area contributed by atoms with Gasteiger partial charge >= 0.3 is 5.97 Å². The van der Waals surface area contributed by atoms with Crippen molar-refractivity contribution >= 4 is 17.4 Å². The Labute approximate surface area is 229 Å². The highest BCUT2D eigenvalue weighted by Gasteiger charge is 2.76. The number of ketones is 1. The highest BCUT2D eigenvalue weighted by Crippen LogP contribution is 2.71. The van der Waals surface area contributed by atoms with Gasteiger partial charge < -0.3 is 25.0 Å². The molecule has 1 aromatic rings. The number of ether oxygens (including phenoxy) is 1. The molecule has 3 fully saturated rings. The summed E-state index contributed by atoms with van der Waals surface area (Å²) in [5.41, 5.74) is -1.97. The molecule has 5 aliphatic rings. The van der Waals surface area contributed by atoms with Gasteiger partial charge in [0.2, 0.25) is 0 Å². The molecule has 3 N–H and O–H groups in total. The quantitative estimate of drug-likeness (QED) is 0.394. The van der Waals surface area contributed by atoms with E-state index in [9.17, 15) is 24.9 Å². The summed E-state index contributed by atoms with van der Waals surface area (Å²) in [6.45, 7) is 9.15. The number of aliphatic hydroxyl groups excluding tert-OH is 2. The molecule has 212 valence electrons. The van der Waals surface area contributed by atoms with Crippen LogP contribution in [0.4, 0.5) is 5.69 Å². The van der Waals surface area contributed by atoms with Gasteiger partial charge in [-0.15, -0.1) is 0 Å². The minimum Gasteiger partial charge on any atom is -0.450 e. The van der Waals surface area contributed by atoms with Crippen LogP contribution in [0.15, 0.2) is 29.5 Å². The Hall–Kier alpha value is -2.49. The lowest BCUT2D eigenvalue weighted by molar-refractivity contribution is -0.190. The Bertz CT molecular complexity index is 1280. The third-order valence-electron chi connectivity index (χ3n) is 10.9. The number of piperidine rings is 1. The van der Waals surface area contributed by atoms with E-state index in [0.717, 1.165) is 32.4 Å². The first kappa shape index (κ1) is 26.7. The standard InChI is InChI=1S/C30H41N3O6/c1-16-13-29-17(2)11-20-22(28(20,3)4)19(25(29)36)12-18(15-34)24(35)30(29,38)26(16)39-27(37)23-21(14-31-32(23)5)33-9-7-6-8-10-33/h12-14,17,19-20,22,24,26,34-35,38H,6-11,15H2,1-5H3/t17?,19-,20+,22-,24+,26-,29?,30-/m0/s1. The summed E-state index contributed by atoms with van der Waals surface area (Å²) in [5.74, 6) is -1.32. The molecular formula is C30H41N3O6. The van der Waals surface area contributed by atoms with E-state index < -0.39 is 41.7 Å². The van der Waals surface area contributed by atoms with Crippen molar-refractivity contribution < 1.29 is 29.6 Å². The van der Waals surface area contributed by atoms with E-state index in [-0.39, 0.29) is 40.2 Å². The van der Waals surface area contributed by atoms with E-state index in [1.807, 2.05) is 6.92 Å². The highest BCUT2D eigenvalue weighted by molar-refractivity contribution is 5.97.